The number of ether oxygens (including phenoxy) is 1. The van der Waals surface area contributed by atoms with E-state index in [1.807, 2.05) is 0 Å². The maximum Gasteiger partial charge on any atom is 0.335 e. The second-order valence-electron chi connectivity index (χ2n) is 5.33. The van der Waals surface area contributed by atoms with Crippen LogP contribution in [0, 0.1) is 0 Å². The van der Waals surface area contributed by atoms with Crippen LogP contribution >= 0.6 is 0 Å². The van der Waals surface area contributed by atoms with Crippen LogP contribution in [0.4, 0.5) is 0 Å². The van der Waals surface area contributed by atoms with Crippen LogP contribution in [0.1, 0.15) is 29.6 Å². The molecular weight excluding hydrogens is 268 g/mol. The number of carboxylic acids is 1. The van der Waals surface area contributed by atoms with Gasteiger partial charge in [-0.25, -0.2) is 4.79 Å². The molecule has 2 rings (SSSR count). The third kappa shape index (κ3) is 5.73. The maximum absolute atomic E-state index is 10.7. The number of nitrogens with one attached hydrogen (secondary N) is 1. The summed E-state index contributed by atoms with van der Waals surface area (Å²) in [6, 6.07) is 6.50. The van der Waals surface area contributed by atoms with Gasteiger partial charge in [-0.15, -0.1) is 0 Å². The van der Waals surface area contributed by atoms with Gasteiger partial charge in [0.05, 0.1) is 5.56 Å². The summed E-state index contributed by atoms with van der Waals surface area (Å²) < 4.78 is 5.56. The van der Waals surface area contributed by atoms with E-state index in [2.05, 4.69) is 10.2 Å². The van der Waals surface area contributed by atoms with Gasteiger partial charge in [0.1, 0.15) is 12.4 Å². The van der Waals surface area contributed by atoms with E-state index < -0.39 is 5.97 Å². The van der Waals surface area contributed by atoms with Gasteiger partial charge in [0, 0.05) is 19.6 Å². The molecule has 0 spiro atoms. The van der Waals surface area contributed by atoms with Crippen molar-refractivity contribution < 1.29 is 14.6 Å². The van der Waals surface area contributed by atoms with Crippen molar-refractivity contribution in [2.75, 3.05) is 39.3 Å². The highest BCUT2D eigenvalue weighted by Gasteiger charge is 2.08. The van der Waals surface area contributed by atoms with Crippen molar-refractivity contribution in [3.8, 4) is 5.75 Å². The molecule has 0 saturated carbocycles. The number of hydrogen-bond acceptors (Lipinski definition) is 4. The molecule has 1 fully saturated rings. The van der Waals surface area contributed by atoms with E-state index in [-0.39, 0.29) is 5.56 Å². The van der Waals surface area contributed by atoms with Gasteiger partial charge in [-0.2, -0.15) is 0 Å². The van der Waals surface area contributed by atoms with E-state index in [1.54, 1.807) is 24.3 Å². The molecule has 0 atom stereocenters. The van der Waals surface area contributed by atoms with Gasteiger partial charge in [-0.3, -0.25) is 0 Å². The zero-order valence-corrected chi connectivity index (χ0v) is 12.4. The van der Waals surface area contributed by atoms with Crippen LogP contribution < -0.4 is 10.1 Å². The first-order valence-electron chi connectivity index (χ1n) is 7.65. The summed E-state index contributed by atoms with van der Waals surface area (Å²) in [6.45, 7) is 5.94. The molecule has 0 aliphatic carbocycles. The Morgan fingerprint density at radius 1 is 1.14 bits per heavy atom. The van der Waals surface area contributed by atoms with Crippen molar-refractivity contribution in [1.29, 1.82) is 0 Å². The van der Waals surface area contributed by atoms with Gasteiger partial charge in [0.25, 0.3) is 0 Å². The minimum absolute atomic E-state index is 0.280. The number of benzene rings is 1. The van der Waals surface area contributed by atoms with Gasteiger partial charge in [0.2, 0.25) is 0 Å². The van der Waals surface area contributed by atoms with Gasteiger partial charge < -0.3 is 20.1 Å². The number of aromatic carboxylic acids is 1. The lowest BCUT2D eigenvalue weighted by Gasteiger charge is -2.26. The van der Waals surface area contributed by atoms with E-state index in [4.69, 9.17) is 9.84 Å². The molecule has 5 nitrogen and oxygen atoms in total. The molecule has 0 aromatic heterocycles. The highest BCUT2D eigenvalue weighted by molar-refractivity contribution is 5.87. The smallest absolute Gasteiger partial charge is 0.335 e. The Morgan fingerprint density at radius 3 is 2.52 bits per heavy atom. The number of hydrogen-bond donors (Lipinski definition) is 2. The third-order valence-corrected chi connectivity index (χ3v) is 3.70. The summed E-state index contributed by atoms with van der Waals surface area (Å²) in [5, 5.41) is 12.2. The number of nitrogens with zero attached hydrogens (tertiary/aromatic N) is 1. The Hall–Kier alpha value is -1.59. The van der Waals surface area contributed by atoms with Crippen molar-refractivity contribution in [3.05, 3.63) is 29.8 Å². The van der Waals surface area contributed by atoms with Gasteiger partial charge in [-0.1, -0.05) is 6.42 Å². The molecule has 0 unspecified atom stereocenters. The van der Waals surface area contributed by atoms with Crippen molar-refractivity contribution in [2.24, 2.45) is 0 Å². The van der Waals surface area contributed by atoms with E-state index in [0.717, 1.165) is 19.6 Å². The first-order chi connectivity index (χ1) is 10.3. The fourth-order valence-corrected chi connectivity index (χ4v) is 2.48. The standard InChI is InChI=1S/C16H24N2O3/c19-16(20)14-4-6-15(7-5-14)21-13-9-17-8-12-18-10-2-1-3-11-18/h4-7,17H,1-3,8-13H2,(H,19,20). The summed E-state index contributed by atoms with van der Waals surface area (Å²) in [5.41, 5.74) is 0.280. The normalized spacial score (nSPS) is 15.8. The van der Waals surface area contributed by atoms with Gasteiger partial charge in [-0.05, 0) is 50.2 Å². The Bertz CT molecular complexity index is 428. The summed E-state index contributed by atoms with van der Waals surface area (Å²) in [4.78, 5) is 13.2. The molecule has 0 radical (unpaired) electrons. The summed E-state index contributed by atoms with van der Waals surface area (Å²) in [5.74, 6) is -0.209. The Balaban J connectivity index is 1.54. The Morgan fingerprint density at radius 2 is 1.86 bits per heavy atom. The first-order valence-corrected chi connectivity index (χ1v) is 7.65. The number of likely N-dealkylation sites (tertiary alicyclic amines) is 1. The van der Waals surface area contributed by atoms with Crippen LogP contribution in [0.25, 0.3) is 0 Å². The topological polar surface area (TPSA) is 61.8 Å². The van der Waals surface area contributed by atoms with E-state index in [0.29, 0.717) is 12.4 Å². The molecular formula is C16H24N2O3. The zero-order valence-electron chi connectivity index (χ0n) is 12.4. The number of carboxylic acid groups (broad SMARTS) is 1. The minimum atomic E-state index is -0.916. The average Bonchev–Trinajstić information content (AvgIpc) is 2.52. The quantitative estimate of drug-likeness (QED) is 0.716. The Labute approximate surface area is 125 Å². The molecule has 1 aliphatic heterocycles. The summed E-state index contributed by atoms with van der Waals surface area (Å²) >= 11 is 0. The SMILES string of the molecule is O=C(O)c1ccc(OCCNCCN2CCCCC2)cc1. The van der Waals surface area contributed by atoms with Crippen molar-refractivity contribution >= 4 is 5.97 Å². The van der Waals surface area contributed by atoms with Gasteiger partial charge >= 0.3 is 5.97 Å². The summed E-state index contributed by atoms with van der Waals surface area (Å²) in [6.07, 6.45) is 4.03. The first kappa shape index (κ1) is 15.8. The highest BCUT2D eigenvalue weighted by Crippen LogP contribution is 2.11. The monoisotopic (exact) mass is 292 g/mol. The number of carbonyl (C=O) groups is 1. The minimum Gasteiger partial charge on any atom is -0.492 e. The number of piperidine rings is 1. The zero-order chi connectivity index (χ0) is 14.9. The van der Waals surface area contributed by atoms with Crippen LogP contribution in [-0.4, -0.2) is 55.3 Å². The van der Waals surface area contributed by atoms with Gasteiger partial charge in [0.15, 0.2) is 0 Å². The lowest BCUT2D eigenvalue weighted by Crippen LogP contribution is -2.36. The molecule has 5 heteroatoms. The lowest BCUT2D eigenvalue weighted by atomic mass is 10.1. The van der Waals surface area contributed by atoms with Crippen molar-refractivity contribution in [3.63, 3.8) is 0 Å². The molecule has 1 aliphatic rings. The second kappa shape index (κ2) is 8.64. The molecule has 0 bridgehead atoms. The molecule has 1 saturated heterocycles. The second-order valence-corrected chi connectivity index (χ2v) is 5.33. The third-order valence-electron chi connectivity index (χ3n) is 3.70. The van der Waals surface area contributed by atoms with Crippen LogP contribution in [0.3, 0.4) is 0 Å². The molecule has 21 heavy (non-hydrogen) atoms. The lowest BCUT2D eigenvalue weighted by molar-refractivity contribution is 0.0697. The number of rotatable bonds is 8. The molecule has 116 valence electrons. The van der Waals surface area contributed by atoms with Crippen LogP contribution in [0.2, 0.25) is 0 Å². The molecule has 1 aromatic carbocycles. The largest absolute Gasteiger partial charge is 0.492 e. The van der Waals surface area contributed by atoms with Crippen LogP contribution in [-0.2, 0) is 0 Å². The van der Waals surface area contributed by atoms with Crippen molar-refractivity contribution in [1.82, 2.24) is 10.2 Å². The Kier molecular flexibility index (Phi) is 6.50. The fourth-order valence-electron chi connectivity index (χ4n) is 2.48. The summed E-state index contributed by atoms with van der Waals surface area (Å²) in [7, 11) is 0. The predicted molar refractivity (Wildman–Crippen MR) is 82.1 cm³/mol. The molecule has 0 amide bonds. The predicted octanol–water partition coefficient (Wildman–Crippen LogP) is 1.84. The van der Waals surface area contributed by atoms with E-state index in [1.165, 1.54) is 32.4 Å². The molecule has 1 heterocycles. The molecule has 1 aromatic rings. The average molecular weight is 292 g/mol. The van der Waals surface area contributed by atoms with Crippen LogP contribution in [0.5, 0.6) is 5.75 Å². The maximum atomic E-state index is 10.7. The fraction of sp³-hybridized carbons (Fsp3) is 0.562. The van der Waals surface area contributed by atoms with E-state index in [9.17, 15) is 4.79 Å². The van der Waals surface area contributed by atoms with Crippen LogP contribution in [0.15, 0.2) is 24.3 Å². The highest BCUT2D eigenvalue weighted by atomic mass is 16.5. The van der Waals surface area contributed by atoms with E-state index >= 15 is 0 Å². The van der Waals surface area contributed by atoms with Crippen molar-refractivity contribution in [2.45, 2.75) is 19.3 Å². The molecule has 2 N–H and O–H groups in total.